The molecule has 2 aromatic rings. The van der Waals surface area contributed by atoms with Crippen LogP contribution in [0.25, 0.3) is 0 Å². The number of nitrogens with one attached hydrogen (secondary N) is 1. The van der Waals surface area contributed by atoms with Crippen LogP contribution < -0.4 is 5.32 Å². The van der Waals surface area contributed by atoms with E-state index in [0.29, 0.717) is 23.8 Å². The van der Waals surface area contributed by atoms with Crippen LogP contribution >= 0.6 is 0 Å². The van der Waals surface area contributed by atoms with Crippen molar-refractivity contribution in [3.63, 3.8) is 0 Å². The highest BCUT2D eigenvalue weighted by atomic mass is 16.5. The van der Waals surface area contributed by atoms with Crippen molar-refractivity contribution in [1.29, 1.82) is 0 Å². The predicted molar refractivity (Wildman–Crippen MR) is 94.1 cm³/mol. The van der Waals surface area contributed by atoms with Crippen LogP contribution in [0.4, 0.5) is 5.95 Å². The van der Waals surface area contributed by atoms with Gasteiger partial charge in [-0.25, -0.2) is 4.79 Å². The first-order chi connectivity index (χ1) is 11.8. The molecule has 0 amide bonds. The third-order valence-corrected chi connectivity index (χ3v) is 4.30. The molecule has 7 heteroatoms. The molecule has 0 unspecified atom stereocenters. The van der Waals surface area contributed by atoms with Gasteiger partial charge in [0.2, 0.25) is 5.95 Å². The molecule has 1 atom stereocenters. The number of carbonyl (C=O) groups excluding carboxylic acids is 1. The second-order valence-corrected chi connectivity index (χ2v) is 7.11. The number of ether oxygens (including phenoxy) is 1. The molecule has 0 saturated carbocycles. The number of hydrogen-bond donors (Lipinski definition) is 1. The highest BCUT2D eigenvalue weighted by molar-refractivity contribution is 5.92. The van der Waals surface area contributed by atoms with E-state index < -0.39 is 6.04 Å². The second-order valence-electron chi connectivity index (χ2n) is 7.11. The van der Waals surface area contributed by atoms with Crippen molar-refractivity contribution in [3.05, 3.63) is 46.7 Å². The van der Waals surface area contributed by atoms with E-state index in [1.54, 1.807) is 11.6 Å². The molecular weight excluding hydrogens is 318 g/mol. The fraction of sp³-hybridized carbons (Fsp3) is 0.444. The maximum absolute atomic E-state index is 12.5. The van der Waals surface area contributed by atoms with Crippen molar-refractivity contribution < 1.29 is 9.53 Å². The van der Waals surface area contributed by atoms with E-state index in [4.69, 9.17) is 4.74 Å². The Hall–Kier alpha value is -2.70. The van der Waals surface area contributed by atoms with Gasteiger partial charge in [-0.1, -0.05) is 50.1 Å². The Morgan fingerprint density at radius 3 is 2.56 bits per heavy atom. The number of hydrogen-bond acceptors (Lipinski definition) is 6. The molecule has 1 N–H and O–H groups in total. The Morgan fingerprint density at radius 2 is 1.96 bits per heavy atom. The fourth-order valence-electron chi connectivity index (χ4n) is 2.96. The molecule has 0 spiro atoms. The summed E-state index contributed by atoms with van der Waals surface area (Å²) in [5, 5.41) is 14.9. The fourth-order valence-corrected chi connectivity index (χ4v) is 2.96. The van der Waals surface area contributed by atoms with Gasteiger partial charge in [0.25, 0.3) is 0 Å². The smallest absolute Gasteiger partial charge is 0.338 e. The molecule has 1 aromatic carbocycles. The summed E-state index contributed by atoms with van der Waals surface area (Å²) in [7, 11) is 0. The number of allylic oxidation sites excluding steroid dienone is 1. The number of carbonyl (C=O) groups is 1. The molecule has 0 radical (unpaired) electrons. The Bertz CT molecular complexity index is 815. The largest absolute Gasteiger partial charge is 0.463 e. The molecular formula is C18H23N5O2. The number of esters is 1. The SMILES string of the molecule is CCOC(=O)C1=C(C)Nc2nnnn2[C@@H]1c1ccc(C(C)(C)C)cc1. The maximum atomic E-state index is 12.5. The minimum Gasteiger partial charge on any atom is -0.463 e. The lowest BCUT2D eigenvalue weighted by Gasteiger charge is -2.28. The molecule has 2 heterocycles. The van der Waals surface area contributed by atoms with E-state index >= 15 is 0 Å². The predicted octanol–water partition coefficient (Wildman–Crippen LogP) is 2.82. The number of fused-ring (bicyclic) bond motifs is 1. The zero-order valence-corrected chi connectivity index (χ0v) is 15.2. The topological polar surface area (TPSA) is 81.9 Å². The first-order valence-electron chi connectivity index (χ1n) is 8.36. The van der Waals surface area contributed by atoms with Crippen LogP contribution in [0.1, 0.15) is 51.8 Å². The second kappa shape index (κ2) is 6.31. The van der Waals surface area contributed by atoms with E-state index in [1.165, 1.54) is 5.56 Å². The summed E-state index contributed by atoms with van der Waals surface area (Å²) in [6.07, 6.45) is 0. The minimum atomic E-state index is -0.417. The average Bonchev–Trinajstić information content (AvgIpc) is 3.00. The monoisotopic (exact) mass is 341 g/mol. The zero-order chi connectivity index (χ0) is 18.2. The number of anilines is 1. The van der Waals surface area contributed by atoms with Crippen LogP contribution in [0.2, 0.25) is 0 Å². The normalized spacial score (nSPS) is 17.1. The standard InChI is InChI=1S/C18H23N5O2/c1-6-25-16(24)14-11(2)19-17-20-21-22-23(17)15(14)12-7-9-13(10-8-12)18(3,4)5/h7-10,15H,6H2,1-5H3,(H,19,20,22)/t15-/m1/s1. The Kier molecular flexibility index (Phi) is 4.32. The van der Waals surface area contributed by atoms with Crippen molar-refractivity contribution in [2.24, 2.45) is 0 Å². The number of nitrogens with zero attached hydrogens (tertiary/aromatic N) is 4. The van der Waals surface area contributed by atoms with Crippen LogP contribution in [-0.2, 0) is 14.9 Å². The van der Waals surface area contributed by atoms with Gasteiger partial charge in [0.05, 0.1) is 12.2 Å². The molecule has 0 saturated heterocycles. The van der Waals surface area contributed by atoms with Gasteiger partial charge in [-0.2, -0.15) is 4.68 Å². The van der Waals surface area contributed by atoms with Gasteiger partial charge in [-0.15, -0.1) is 0 Å². The highest BCUT2D eigenvalue weighted by Gasteiger charge is 2.34. The first kappa shape index (κ1) is 17.1. The van der Waals surface area contributed by atoms with Crippen LogP contribution in [-0.4, -0.2) is 32.8 Å². The van der Waals surface area contributed by atoms with Gasteiger partial charge in [0, 0.05) is 5.70 Å². The summed E-state index contributed by atoms with van der Waals surface area (Å²) in [5.74, 6) is 0.147. The number of benzene rings is 1. The van der Waals surface area contributed by atoms with Gasteiger partial charge in [-0.3, -0.25) is 0 Å². The molecule has 3 rings (SSSR count). The minimum absolute atomic E-state index is 0.0579. The van der Waals surface area contributed by atoms with Crippen LogP contribution in [0.5, 0.6) is 0 Å². The Morgan fingerprint density at radius 1 is 1.28 bits per heavy atom. The molecule has 1 aliphatic heterocycles. The Labute approximate surface area is 147 Å². The van der Waals surface area contributed by atoms with Gasteiger partial charge in [-0.05, 0) is 40.8 Å². The average molecular weight is 341 g/mol. The summed E-state index contributed by atoms with van der Waals surface area (Å²) in [5.41, 5.74) is 3.43. The van der Waals surface area contributed by atoms with E-state index in [1.807, 2.05) is 19.1 Å². The summed E-state index contributed by atoms with van der Waals surface area (Å²) < 4.78 is 6.87. The third kappa shape index (κ3) is 3.14. The van der Waals surface area contributed by atoms with Crippen molar-refractivity contribution in [2.45, 2.75) is 46.1 Å². The van der Waals surface area contributed by atoms with Gasteiger partial charge >= 0.3 is 5.97 Å². The Balaban J connectivity index is 2.08. The van der Waals surface area contributed by atoms with Crippen molar-refractivity contribution in [3.8, 4) is 0 Å². The highest BCUT2D eigenvalue weighted by Crippen LogP contribution is 2.35. The molecule has 25 heavy (non-hydrogen) atoms. The number of aromatic nitrogens is 4. The summed E-state index contributed by atoms with van der Waals surface area (Å²) in [6.45, 7) is 10.4. The summed E-state index contributed by atoms with van der Waals surface area (Å²) >= 11 is 0. The molecule has 1 aromatic heterocycles. The van der Waals surface area contributed by atoms with E-state index in [9.17, 15) is 4.79 Å². The molecule has 0 aliphatic carbocycles. The van der Waals surface area contributed by atoms with Crippen molar-refractivity contribution in [1.82, 2.24) is 20.2 Å². The lowest BCUT2D eigenvalue weighted by molar-refractivity contribution is -0.139. The van der Waals surface area contributed by atoms with Crippen LogP contribution in [0, 0.1) is 0 Å². The lowest BCUT2D eigenvalue weighted by Crippen LogP contribution is -2.29. The quantitative estimate of drug-likeness (QED) is 0.865. The van der Waals surface area contributed by atoms with E-state index in [2.05, 4.69) is 53.7 Å². The first-order valence-corrected chi connectivity index (χ1v) is 8.36. The molecule has 1 aliphatic rings. The zero-order valence-electron chi connectivity index (χ0n) is 15.2. The molecule has 0 fully saturated rings. The van der Waals surface area contributed by atoms with Gasteiger partial charge < -0.3 is 10.1 Å². The molecule has 7 nitrogen and oxygen atoms in total. The lowest BCUT2D eigenvalue weighted by atomic mass is 9.85. The molecule has 0 bridgehead atoms. The van der Waals surface area contributed by atoms with Crippen molar-refractivity contribution in [2.75, 3.05) is 11.9 Å². The molecule has 132 valence electrons. The van der Waals surface area contributed by atoms with Crippen molar-refractivity contribution >= 4 is 11.9 Å². The van der Waals surface area contributed by atoms with Gasteiger partial charge in [0.1, 0.15) is 6.04 Å². The van der Waals surface area contributed by atoms with E-state index in [0.717, 1.165) is 5.56 Å². The number of tetrazole rings is 1. The van der Waals surface area contributed by atoms with Crippen LogP contribution in [0.3, 0.4) is 0 Å². The maximum Gasteiger partial charge on any atom is 0.338 e. The summed E-state index contributed by atoms with van der Waals surface area (Å²) in [4.78, 5) is 12.5. The summed E-state index contributed by atoms with van der Waals surface area (Å²) in [6, 6.07) is 7.79. The van der Waals surface area contributed by atoms with E-state index in [-0.39, 0.29) is 11.4 Å². The number of rotatable bonds is 3. The van der Waals surface area contributed by atoms with Gasteiger partial charge in [0.15, 0.2) is 0 Å². The van der Waals surface area contributed by atoms with Crippen LogP contribution in [0.15, 0.2) is 35.5 Å². The third-order valence-electron chi connectivity index (χ3n) is 4.30.